The van der Waals surface area contributed by atoms with Gasteiger partial charge in [-0.15, -0.1) is 10.2 Å². The molecule has 8 heteroatoms. The summed E-state index contributed by atoms with van der Waals surface area (Å²) in [6.07, 6.45) is 4.45. The average Bonchev–Trinajstić information content (AvgIpc) is 3.32. The van der Waals surface area contributed by atoms with Crippen molar-refractivity contribution in [3.63, 3.8) is 0 Å². The maximum absolute atomic E-state index is 14.1. The summed E-state index contributed by atoms with van der Waals surface area (Å²) in [5, 5.41) is 8.74. The van der Waals surface area contributed by atoms with Crippen molar-refractivity contribution in [3.05, 3.63) is 81.7 Å². The highest BCUT2D eigenvalue weighted by Crippen LogP contribution is 2.51. The molecule has 0 unspecified atom stereocenters. The molecule has 2 aromatic heterocycles. The Kier molecular flexibility index (Phi) is 6.61. The molecule has 0 bridgehead atoms. The highest BCUT2D eigenvalue weighted by atomic mass is 19.3. The van der Waals surface area contributed by atoms with E-state index >= 15 is 0 Å². The van der Waals surface area contributed by atoms with Crippen molar-refractivity contribution in [1.82, 2.24) is 19.7 Å². The smallest absolute Gasteiger partial charge is 0.267 e. The molecule has 1 aliphatic heterocycles. The summed E-state index contributed by atoms with van der Waals surface area (Å²) < 4.78 is 36.0. The van der Waals surface area contributed by atoms with E-state index in [-0.39, 0.29) is 27.4 Å². The largest absolute Gasteiger partial charge is 0.463 e. The first-order chi connectivity index (χ1) is 18.7. The molecule has 4 aromatic rings. The zero-order valence-electron chi connectivity index (χ0n) is 22.7. The third kappa shape index (κ3) is 4.58. The first-order valence-corrected chi connectivity index (χ1v) is 13.8. The van der Waals surface area contributed by atoms with E-state index in [4.69, 9.17) is 4.42 Å². The van der Waals surface area contributed by atoms with Crippen LogP contribution < -0.4 is 5.43 Å². The van der Waals surface area contributed by atoms with Crippen molar-refractivity contribution in [2.45, 2.75) is 57.9 Å². The monoisotopic (exact) mass is 532 g/mol. The van der Waals surface area contributed by atoms with Crippen LogP contribution in [0.3, 0.4) is 0 Å². The molecule has 6 rings (SSSR count). The number of likely N-dealkylation sites (tertiary alicyclic amines) is 1. The number of fused-ring (bicyclic) bond motifs is 1. The number of piperidine rings is 1. The number of aryl methyl sites for hydroxylation is 1. The Morgan fingerprint density at radius 3 is 2.67 bits per heavy atom. The molecule has 1 saturated heterocycles. The lowest BCUT2D eigenvalue weighted by Gasteiger charge is -2.46. The van der Waals surface area contributed by atoms with E-state index in [0.29, 0.717) is 29.5 Å². The quantitative estimate of drug-likeness (QED) is 0.285. The molecular weight excluding hydrogens is 498 g/mol. The predicted molar refractivity (Wildman–Crippen MR) is 147 cm³/mol. The Hall–Kier alpha value is -3.39. The van der Waals surface area contributed by atoms with Crippen LogP contribution >= 0.6 is 0 Å². The summed E-state index contributed by atoms with van der Waals surface area (Å²) in [6, 6.07) is 11.1. The maximum Gasteiger partial charge on any atom is 0.267 e. The summed E-state index contributed by atoms with van der Waals surface area (Å²) in [4.78, 5) is 16.1. The zero-order valence-corrected chi connectivity index (χ0v) is 22.7. The van der Waals surface area contributed by atoms with Crippen molar-refractivity contribution < 1.29 is 13.2 Å². The van der Waals surface area contributed by atoms with Crippen molar-refractivity contribution in [2.24, 2.45) is 18.9 Å². The van der Waals surface area contributed by atoms with Gasteiger partial charge in [-0.3, -0.25) is 9.69 Å². The molecule has 204 valence electrons. The zero-order chi connectivity index (χ0) is 27.3. The van der Waals surface area contributed by atoms with Crippen LogP contribution in [0, 0.1) is 11.8 Å². The first-order valence-electron chi connectivity index (χ1n) is 13.8. The number of alkyl halides is 2. The Morgan fingerprint density at radius 1 is 1.15 bits per heavy atom. The Balaban J connectivity index is 1.43. The summed E-state index contributed by atoms with van der Waals surface area (Å²) in [7, 11) is 1.95. The number of benzene rings is 2. The lowest BCUT2D eigenvalue weighted by atomic mass is 9.58. The second kappa shape index (κ2) is 9.97. The molecule has 3 heterocycles. The molecule has 0 N–H and O–H groups in total. The van der Waals surface area contributed by atoms with E-state index in [2.05, 4.69) is 35.0 Å². The van der Waals surface area contributed by atoms with Crippen LogP contribution in [-0.4, -0.2) is 32.8 Å². The van der Waals surface area contributed by atoms with Crippen LogP contribution in [0.25, 0.3) is 22.1 Å². The standard InChI is InChI=1S/C31H34F2N4O2/c1-19-6-5-9-37(15-19)16-21-10-24-27(38)26(17-39-28(24)25(11-21)29(32)33)22-7-4-8-23(12-22)31(13-20(2)14-31)30-35-34-18-36(30)3/h4,7-8,10-12,17-20,29H,5-6,9,13-16H2,1-3H3/t19-,20?,31?/m0/s1. The molecule has 2 aromatic carbocycles. The fourth-order valence-corrected chi connectivity index (χ4v) is 6.85. The van der Waals surface area contributed by atoms with Gasteiger partial charge >= 0.3 is 0 Å². The van der Waals surface area contributed by atoms with Gasteiger partial charge in [0.1, 0.15) is 24.0 Å². The summed E-state index contributed by atoms with van der Waals surface area (Å²) in [6.45, 7) is 6.83. The van der Waals surface area contributed by atoms with Gasteiger partial charge in [-0.05, 0) is 79.0 Å². The molecule has 2 fully saturated rings. The Labute approximate surface area is 226 Å². The van der Waals surface area contributed by atoms with E-state index < -0.39 is 6.43 Å². The highest BCUT2D eigenvalue weighted by Gasteiger charge is 2.48. The minimum atomic E-state index is -2.74. The van der Waals surface area contributed by atoms with Crippen LogP contribution in [-0.2, 0) is 19.0 Å². The van der Waals surface area contributed by atoms with Gasteiger partial charge in [-0.1, -0.05) is 32.0 Å². The molecular formula is C31H34F2N4O2. The molecule has 6 nitrogen and oxygen atoms in total. The van der Waals surface area contributed by atoms with Crippen LogP contribution in [0.1, 0.15) is 68.5 Å². The molecule has 1 saturated carbocycles. The number of nitrogens with zero attached hydrogens (tertiary/aromatic N) is 4. The number of aromatic nitrogens is 3. The maximum atomic E-state index is 14.1. The normalized spacial score (nSPS) is 23.8. The summed E-state index contributed by atoms with van der Waals surface area (Å²) in [5.74, 6) is 2.02. The number of hydrogen-bond acceptors (Lipinski definition) is 5. The van der Waals surface area contributed by atoms with E-state index in [1.807, 2.05) is 29.8 Å². The van der Waals surface area contributed by atoms with Gasteiger partial charge in [0.05, 0.1) is 21.9 Å². The summed E-state index contributed by atoms with van der Waals surface area (Å²) in [5.41, 5.74) is 2.03. The Morgan fingerprint density at radius 2 is 1.97 bits per heavy atom. The number of hydrogen-bond donors (Lipinski definition) is 0. The Bertz CT molecular complexity index is 1570. The van der Waals surface area contributed by atoms with Gasteiger partial charge in [-0.25, -0.2) is 8.78 Å². The number of rotatable bonds is 6. The molecule has 0 amide bonds. The molecule has 1 aliphatic carbocycles. The van der Waals surface area contributed by atoms with E-state index in [0.717, 1.165) is 49.3 Å². The van der Waals surface area contributed by atoms with Crippen LogP contribution in [0.2, 0.25) is 0 Å². The van der Waals surface area contributed by atoms with Gasteiger partial charge < -0.3 is 8.98 Å². The second-order valence-corrected chi connectivity index (χ2v) is 11.8. The molecule has 39 heavy (non-hydrogen) atoms. The van der Waals surface area contributed by atoms with Crippen molar-refractivity contribution in [2.75, 3.05) is 13.1 Å². The van der Waals surface area contributed by atoms with Gasteiger partial charge in [0.2, 0.25) is 5.43 Å². The highest BCUT2D eigenvalue weighted by molar-refractivity contribution is 5.85. The summed E-state index contributed by atoms with van der Waals surface area (Å²) >= 11 is 0. The molecule has 0 radical (unpaired) electrons. The third-order valence-corrected chi connectivity index (χ3v) is 8.60. The first kappa shape index (κ1) is 25.9. The van der Waals surface area contributed by atoms with Crippen molar-refractivity contribution in [1.29, 1.82) is 0 Å². The predicted octanol–water partition coefficient (Wildman–Crippen LogP) is 6.47. The number of halogens is 2. The van der Waals surface area contributed by atoms with Crippen LogP contribution in [0.5, 0.6) is 0 Å². The lowest BCUT2D eigenvalue weighted by Crippen LogP contribution is -2.43. The van der Waals surface area contributed by atoms with Gasteiger partial charge in [0.25, 0.3) is 6.43 Å². The van der Waals surface area contributed by atoms with Crippen molar-refractivity contribution in [3.8, 4) is 11.1 Å². The second-order valence-electron chi connectivity index (χ2n) is 11.8. The van der Waals surface area contributed by atoms with Crippen molar-refractivity contribution >= 4 is 11.0 Å². The van der Waals surface area contributed by atoms with E-state index in [1.54, 1.807) is 12.4 Å². The van der Waals surface area contributed by atoms with Crippen LogP contribution in [0.4, 0.5) is 8.78 Å². The molecule has 1 atom stereocenters. The van der Waals surface area contributed by atoms with Gasteiger partial charge in [0, 0.05) is 20.1 Å². The topological polar surface area (TPSA) is 64.2 Å². The van der Waals surface area contributed by atoms with Crippen LogP contribution in [0.15, 0.2) is 58.2 Å². The third-order valence-electron chi connectivity index (χ3n) is 8.60. The SMILES string of the molecule is CC1CC(c2cccc(-c3coc4c(C(F)F)cc(CN5CCC[C@H](C)C5)cc4c3=O)c2)(c2nncn2C)C1. The van der Waals surface area contributed by atoms with E-state index in [1.165, 1.54) is 18.8 Å². The fourth-order valence-electron chi connectivity index (χ4n) is 6.85. The molecule has 2 aliphatic rings. The molecule has 0 spiro atoms. The minimum Gasteiger partial charge on any atom is -0.463 e. The minimum absolute atomic E-state index is 0.0333. The van der Waals surface area contributed by atoms with Gasteiger partial charge in [-0.2, -0.15) is 0 Å². The fraction of sp³-hybridized carbons (Fsp3) is 0.452. The average molecular weight is 533 g/mol. The lowest BCUT2D eigenvalue weighted by molar-refractivity contribution is 0.151. The van der Waals surface area contributed by atoms with E-state index in [9.17, 15) is 13.6 Å². The van der Waals surface area contributed by atoms with Gasteiger partial charge in [0.15, 0.2) is 0 Å².